The molecule has 0 aromatic heterocycles. The Morgan fingerprint density at radius 2 is 1.61 bits per heavy atom. The van der Waals surface area contributed by atoms with E-state index in [1.807, 2.05) is 19.9 Å². The summed E-state index contributed by atoms with van der Waals surface area (Å²) in [6.07, 6.45) is 6.52. The second-order valence-corrected chi connectivity index (χ2v) is 4.34. The summed E-state index contributed by atoms with van der Waals surface area (Å²) >= 11 is 0. The van der Waals surface area contributed by atoms with Crippen LogP contribution in [0.15, 0.2) is 23.3 Å². The largest absolute Gasteiger partial charge is 0.481 e. The maximum atomic E-state index is 10.5. The Hall–Kier alpha value is -1.58. The molecule has 0 aliphatic carbocycles. The van der Waals surface area contributed by atoms with Crippen molar-refractivity contribution in [3.63, 3.8) is 0 Å². The van der Waals surface area contributed by atoms with Crippen LogP contribution in [0.5, 0.6) is 0 Å². The Kier molecular flexibility index (Phi) is 8.62. The summed E-state index contributed by atoms with van der Waals surface area (Å²) in [6, 6.07) is 0. The number of carboxylic acid groups (broad SMARTS) is 1. The highest BCUT2D eigenvalue weighted by atomic mass is 16.5. The molecule has 4 heteroatoms. The zero-order chi connectivity index (χ0) is 14.0. The van der Waals surface area contributed by atoms with Crippen molar-refractivity contribution in [1.29, 1.82) is 0 Å². The minimum atomic E-state index is -0.764. The molecular weight excluding hydrogens is 232 g/mol. The van der Waals surface area contributed by atoms with E-state index in [4.69, 9.17) is 9.84 Å². The smallest absolute Gasteiger partial charge is 0.303 e. The minimum absolute atomic E-state index is 0.184. The molecule has 1 N–H and O–H groups in total. The van der Waals surface area contributed by atoms with Gasteiger partial charge < -0.3 is 9.84 Å². The average molecular weight is 254 g/mol. The number of aliphatic carboxylic acids is 1. The summed E-state index contributed by atoms with van der Waals surface area (Å²) in [7, 11) is 0. The molecule has 0 bridgehead atoms. The van der Waals surface area contributed by atoms with E-state index < -0.39 is 5.97 Å². The molecule has 0 atom stereocenters. The number of ether oxygens (including phenoxy) is 1. The van der Waals surface area contributed by atoms with Crippen LogP contribution in [-0.2, 0) is 14.3 Å². The Balaban J connectivity index is 3.83. The first-order valence-electron chi connectivity index (χ1n) is 6.08. The van der Waals surface area contributed by atoms with Crippen molar-refractivity contribution in [2.75, 3.05) is 6.61 Å². The standard InChI is InChI=1S/C14H22O4/c1-11(7-8-14(16)17)5-4-6-12(2)9-10-18-13(3)15/h5,9H,4,6-8,10H2,1-3H3,(H,16,17)/b11-5-,12-9-. The third-order valence-electron chi connectivity index (χ3n) is 2.48. The van der Waals surface area contributed by atoms with Crippen LogP contribution in [0.1, 0.15) is 46.5 Å². The fourth-order valence-corrected chi connectivity index (χ4v) is 1.36. The van der Waals surface area contributed by atoms with E-state index in [1.54, 1.807) is 0 Å². The number of carbonyl (C=O) groups is 2. The van der Waals surface area contributed by atoms with Crippen LogP contribution in [0.2, 0.25) is 0 Å². The zero-order valence-corrected chi connectivity index (χ0v) is 11.4. The van der Waals surface area contributed by atoms with Gasteiger partial charge in [-0.3, -0.25) is 9.59 Å². The molecule has 0 fully saturated rings. The van der Waals surface area contributed by atoms with E-state index in [9.17, 15) is 9.59 Å². The highest BCUT2D eigenvalue weighted by Crippen LogP contribution is 2.10. The molecular formula is C14H22O4. The van der Waals surface area contributed by atoms with E-state index in [0.717, 1.165) is 18.4 Å². The summed E-state index contributed by atoms with van der Waals surface area (Å²) < 4.78 is 4.81. The van der Waals surface area contributed by atoms with Crippen LogP contribution < -0.4 is 0 Å². The number of hydrogen-bond donors (Lipinski definition) is 1. The number of hydrogen-bond acceptors (Lipinski definition) is 3. The summed E-state index contributed by atoms with van der Waals surface area (Å²) in [5.74, 6) is -1.04. The Bertz CT molecular complexity index is 340. The summed E-state index contributed by atoms with van der Waals surface area (Å²) in [5, 5.41) is 8.54. The molecule has 0 aromatic carbocycles. The molecule has 0 amide bonds. The molecule has 18 heavy (non-hydrogen) atoms. The monoisotopic (exact) mass is 254 g/mol. The number of carboxylic acids is 1. The van der Waals surface area contributed by atoms with Crippen LogP contribution in [0, 0.1) is 0 Å². The van der Waals surface area contributed by atoms with E-state index in [2.05, 4.69) is 6.08 Å². The van der Waals surface area contributed by atoms with Crippen LogP contribution in [0.4, 0.5) is 0 Å². The lowest BCUT2D eigenvalue weighted by Gasteiger charge is -2.01. The number of carbonyl (C=O) groups excluding carboxylic acids is 1. The predicted molar refractivity (Wildman–Crippen MR) is 70.3 cm³/mol. The van der Waals surface area contributed by atoms with Crippen molar-refractivity contribution in [1.82, 2.24) is 0 Å². The van der Waals surface area contributed by atoms with Crippen molar-refractivity contribution < 1.29 is 19.4 Å². The van der Waals surface area contributed by atoms with Gasteiger partial charge in [-0.1, -0.05) is 17.2 Å². The van der Waals surface area contributed by atoms with E-state index in [-0.39, 0.29) is 12.4 Å². The molecule has 0 aliphatic rings. The predicted octanol–water partition coefficient (Wildman–Crippen LogP) is 3.09. The third-order valence-corrected chi connectivity index (χ3v) is 2.48. The highest BCUT2D eigenvalue weighted by Gasteiger charge is 1.97. The fraction of sp³-hybridized carbons (Fsp3) is 0.571. The second kappa shape index (κ2) is 9.45. The highest BCUT2D eigenvalue weighted by molar-refractivity contribution is 5.67. The van der Waals surface area contributed by atoms with E-state index in [0.29, 0.717) is 13.0 Å². The van der Waals surface area contributed by atoms with Gasteiger partial charge in [-0.05, 0) is 39.2 Å². The molecule has 0 rings (SSSR count). The topological polar surface area (TPSA) is 63.6 Å². The average Bonchev–Trinajstić information content (AvgIpc) is 2.25. The molecule has 0 aliphatic heterocycles. The van der Waals surface area contributed by atoms with Gasteiger partial charge in [-0.15, -0.1) is 0 Å². The molecule has 0 heterocycles. The summed E-state index contributed by atoms with van der Waals surface area (Å²) in [4.78, 5) is 20.9. The molecule has 102 valence electrons. The van der Waals surface area contributed by atoms with Gasteiger partial charge in [0.2, 0.25) is 0 Å². The Morgan fingerprint density at radius 1 is 1.00 bits per heavy atom. The number of allylic oxidation sites excluding steroid dienone is 3. The molecule has 0 saturated carbocycles. The summed E-state index contributed by atoms with van der Waals surface area (Å²) in [5.41, 5.74) is 2.27. The van der Waals surface area contributed by atoms with Gasteiger partial charge in [-0.25, -0.2) is 0 Å². The maximum absolute atomic E-state index is 10.5. The molecule has 0 aromatic rings. The maximum Gasteiger partial charge on any atom is 0.303 e. The van der Waals surface area contributed by atoms with Crippen molar-refractivity contribution in [2.45, 2.75) is 46.5 Å². The quantitative estimate of drug-likeness (QED) is 0.534. The lowest BCUT2D eigenvalue weighted by Crippen LogP contribution is -1.98. The lowest BCUT2D eigenvalue weighted by atomic mass is 10.1. The van der Waals surface area contributed by atoms with Gasteiger partial charge in [-0.2, -0.15) is 0 Å². The van der Waals surface area contributed by atoms with Gasteiger partial charge in [0.1, 0.15) is 6.61 Å². The normalized spacial score (nSPS) is 12.4. The Labute approximate surface area is 108 Å². The van der Waals surface area contributed by atoms with Gasteiger partial charge in [0.05, 0.1) is 0 Å². The van der Waals surface area contributed by atoms with Crippen molar-refractivity contribution in [3.05, 3.63) is 23.3 Å². The van der Waals surface area contributed by atoms with Gasteiger partial charge in [0.15, 0.2) is 0 Å². The third kappa shape index (κ3) is 10.9. The Morgan fingerprint density at radius 3 is 2.17 bits per heavy atom. The second-order valence-electron chi connectivity index (χ2n) is 4.34. The van der Waals surface area contributed by atoms with Crippen LogP contribution in [0.3, 0.4) is 0 Å². The first kappa shape index (κ1) is 16.4. The van der Waals surface area contributed by atoms with Gasteiger partial charge in [0.25, 0.3) is 0 Å². The number of rotatable bonds is 8. The zero-order valence-electron chi connectivity index (χ0n) is 11.4. The molecule has 0 spiro atoms. The van der Waals surface area contributed by atoms with Crippen molar-refractivity contribution in [2.24, 2.45) is 0 Å². The summed E-state index contributed by atoms with van der Waals surface area (Å²) in [6.45, 7) is 5.64. The van der Waals surface area contributed by atoms with Crippen LogP contribution in [0.25, 0.3) is 0 Å². The van der Waals surface area contributed by atoms with E-state index in [1.165, 1.54) is 12.5 Å². The van der Waals surface area contributed by atoms with Crippen molar-refractivity contribution >= 4 is 11.9 Å². The van der Waals surface area contributed by atoms with Gasteiger partial charge in [0, 0.05) is 13.3 Å². The molecule has 0 unspecified atom stereocenters. The first-order chi connectivity index (χ1) is 8.41. The van der Waals surface area contributed by atoms with Crippen LogP contribution in [-0.4, -0.2) is 23.7 Å². The van der Waals surface area contributed by atoms with Crippen LogP contribution >= 0.6 is 0 Å². The van der Waals surface area contributed by atoms with Gasteiger partial charge >= 0.3 is 11.9 Å². The SMILES string of the molecule is CC(=O)OC/C=C(/C)CC/C=C(/C)CCC(=O)O. The molecule has 0 radical (unpaired) electrons. The first-order valence-corrected chi connectivity index (χ1v) is 6.08. The number of esters is 1. The van der Waals surface area contributed by atoms with E-state index >= 15 is 0 Å². The van der Waals surface area contributed by atoms with Crippen molar-refractivity contribution in [3.8, 4) is 0 Å². The minimum Gasteiger partial charge on any atom is -0.481 e. The lowest BCUT2D eigenvalue weighted by molar-refractivity contribution is -0.140. The fourth-order valence-electron chi connectivity index (χ4n) is 1.36. The molecule has 4 nitrogen and oxygen atoms in total. The molecule has 0 saturated heterocycles.